The Labute approximate surface area is 132 Å². The van der Waals surface area contributed by atoms with Crippen LogP contribution in [-0.4, -0.2) is 38.8 Å². The quantitative estimate of drug-likeness (QED) is 0.551. The number of amides is 1. The standard InChI is InChI=1S/C14H18N2O7/c1-14(2,3)23-13(20)15-10(12(18)19)11(17)8-5-4-6-9(7-8)16(21)22/h4-7,10-11,17H,1-3H3,(H,15,20)(H,18,19)/t10-,11-/m0/s1. The van der Waals surface area contributed by atoms with Crippen molar-refractivity contribution in [2.45, 2.75) is 38.5 Å². The van der Waals surface area contributed by atoms with Gasteiger partial charge in [0.1, 0.15) is 11.7 Å². The number of carbonyl (C=O) groups excluding carboxylic acids is 1. The third kappa shape index (κ3) is 5.55. The van der Waals surface area contributed by atoms with E-state index in [2.05, 4.69) is 0 Å². The van der Waals surface area contributed by atoms with E-state index in [0.717, 1.165) is 6.07 Å². The van der Waals surface area contributed by atoms with Gasteiger partial charge in [-0.05, 0) is 26.3 Å². The van der Waals surface area contributed by atoms with E-state index in [0.29, 0.717) is 0 Å². The maximum atomic E-state index is 11.7. The number of ether oxygens (including phenoxy) is 1. The molecule has 3 N–H and O–H groups in total. The van der Waals surface area contributed by atoms with E-state index >= 15 is 0 Å². The van der Waals surface area contributed by atoms with Crippen LogP contribution < -0.4 is 5.32 Å². The minimum atomic E-state index is -1.72. The Kier molecular flexibility index (Phi) is 5.63. The Morgan fingerprint density at radius 2 is 1.96 bits per heavy atom. The van der Waals surface area contributed by atoms with E-state index in [4.69, 9.17) is 9.84 Å². The molecule has 0 aliphatic rings. The molecule has 2 atom stereocenters. The van der Waals surface area contributed by atoms with Crippen molar-refractivity contribution < 1.29 is 29.5 Å². The molecule has 0 saturated heterocycles. The van der Waals surface area contributed by atoms with Crippen LogP contribution >= 0.6 is 0 Å². The molecule has 0 saturated carbocycles. The molecule has 1 aromatic carbocycles. The van der Waals surface area contributed by atoms with Crippen molar-refractivity contribution in [3.63, 3.8) is 0 Å². The van der Waals surface area contributed by atoms with Crippen molar-refractivity contribution in [1.29, 1.82) is 0 Å². The fraction of sp³-hybridized carbons (Fsp3) is 0.429. The maximum absolute atomic E-state index is 11.7. The molecule has 0 aliphatic carbocycles. The van der Waals surface area contributed by atoms with Gasteiger partial charge in [-0.2, -0.15) is 0 Å². The molecule has 1 aromatic rings. The van der Waals surface area contributed by atoms with Crippen molar-refractivity contribution in [1.82, 2.24) is 5.32 Å². The van der Waals surface area contributed by atoms with Gasteiger partial charge in [-0.25, -0.2) is 9.59 Å². The lowest BCUT2D eigenvalue weighted by molar-refractivity contribution is -0.385. The Balaban J connectivity index is 2.97. The number of nitro groups is 1. The van der Waals surface area contributed by atoms with Gasteiger partial charge in [0.2, 0.25) is 0 Å². The number of alkyl carbamates (subject to hydrolysis) is 1. The molecule has 0 aliphatic heterocycles. The zero-order valence-electron chi connectivity index (χ0n) is 12.8. The van der Waals surface area contributed by atoms with Gasteiger partial charge in [-0.15, -0.1) is 0 Å². The van der Waals surface area contributed by atoms with Crippen LogP contribution in [0, 0.1) is 10.1 Å². The first-order valence-corrected chi connectivity index (χ1v) is 6.66. The van der Waals surface area contributed by atoms with Crippen LogP contribution in [0.3, 0.4) is 0 Å². The smallest absolute Gasteiger partial charge is 0.408 e. The summed E-state index contributed by atoms with van der Waals surface area (Å²) in [6, 6.07) is 3.16. The number of benzene rings is 1. The van der Waals surface area contributed by atoms with E-state index in [-0.39, 0.29) is 11.3 Å². The van der Waals surface area contributed by atoms with Gasteiger partial charge in [0.15, 0.2) is 6.04 Å². The molecule has 9 nitrogen and oxygen atoms in total. The predicted molar refractivity (Wildman–Crippen MR) is 78.8 cm³/mol. The summed E-state index contributed by atoms with van der Waals surface area (Å²) in [6.07, 6.45) is -2.70. The molecule has 0 spiro atoms. The highest BCUT2D eigenvalue weighted by Crippen LogP contribution is 2.22. The minimum Gasteiger partial charge on any atom is -0.480 e. The number of rotatable bonds is 5. The monoisotopic (exact) mass is 326 g/mol. The van der Waals surface area contributed by atoms with Crippen LogP contribution in [0.5, 0.6) is 0 Å². The number of carbonyl (C=O) groups is 2. The molecule has 9 heteroatoms. The fourth-order valence-electron chi connectivity index (χ4n) is 1.73. The number of hydrogen-bond donors (Lipinski definition) is 3. The van der Waals surface area contributed by atoms with Crippen LogP contribution in [0.25, 0.3) is 0 Å². The number of nitrogens with zero attached hydrogens (tertiary/aromatic N) is 1. The fourth-order valence-corrected chi connectivity index (χ4v) is 1.73. The number of carboxylic acids is 1. The lowest BCUT2D eigenvalue weighted by Crippen LogP contribution is -2.46. The summed E-state index contributed by atoms with van der Waals surface area (Å²) in [7, 11) is 0. The number of nitro benzene ring substituents is 1. The number of aliphatic hydroxyl groups is 1. The summed E-state index contributed by atoms with van der Waals surface area (Å²) < 4.78 is 4.93. The number of aliphatic hydroxyl groups excluding tert-OH is 1. The lowest BCUT2D eigenvalue weighted by Gasteiger charge is -2.24. The van der Waals surface area contributed by atoms with Gasteiger partial charge >= 0.3 is 12.1 Å². The summed E-state index contributed by atoms with van der Waals surface area (Å²) in [5.74, 6) is -1.50. The van der Waals surface area contributed by atoms with Crippen molar-refractivity contribution >= 4 is 17.7 Å². The zero-order valence-corrected chi connectivity index (χ0v) is 12.8. The molecule has 23 heavy (non-hydrogen) atoms. The van der Waals surface area contributed by atoms with Crippen LogP contribution in [0.1, 0.15) is 32.4 Å². The van der Waals surface area contributed by atoms with Crippen molar-refractivity contribution in [2.24, 2.45) is 0 Å². The molecule has 0 fully saturated rings. The third-order valence-electron chi connectivity index (χ3n) is 2.68. The van der Waals surface area contributed by atoms with Crippen LogP contribution in [0.15, 0.2) is 24.3 Å². The highest BCUT2D eigenvalue weighted by atomic mass is 16.6. The van der Waals surface area contributed by atoms with Crippen molar-refractivity contribution in [2.75, 3.05) is 0 Å². The van der Waals surface area contributed by atoms with Gasteiger partial charge in [-0.1, -0.05) is 12.1 Å². The topological polar surface area (TPSA) is 139 Å². The summed E-state index contributed by atoms with van der Waals surface area (Å²) >= 11 is 0. The molecule has 0 heterocycles. The Bertz CT molecular complexity index is 609. The molecular formula is C14H18N2O7. The summed E-state index contributed by atoms with van der Waals surface area (Å²) in [5.41, 5.74) is -1.16. The molecule has 0 aromatic heterocycles. The average molecular weight is 326 g/mol. The predicted octanol–water partition coefficient (Wildman–Crippen LogP) is 1.61. The van der Waals surface area contributed by atoms with Crippen molar-refractivity contribution in [3.05, 3.63) is 39.9 Å². The van der Waals surface area contributed by atoms with E-state index < -0.39 is 34.7 Å². The number of aliphatic carboxylic acids is 1. The number of non-ortho nitro benzene ring substituents is 1. The Morgan fingerprint density at radius 1 is 1.35 bits per heavy atom. The second kappa shape index (κ2) is 7.05. The molecule has 0 unspecified atom stereocenters. The second-order valence-corrected chi connectivity index (χ2v) is 5.76. The molecule has 0 radical (unpaired) electrons. The van der Waals surface area contributed by atoms with Crippen molar-refractivity contribution in [3.8, 4) is 0 Å². The summed E-state index contributed by atoms with van der Waals surface area (Å²) in [6.45, 7) is 4.79. The maximum Gasteiger partial charge on any atom is 0.408 e. The second-order valence-electron chi connectivity index (χ2n) is 5.76. The van der Waals surface area contributed by atoms with E-state index in [1.807, 2.05) is 5.32 Å². The highest BCUT2D eigenvalue weighted by molar-refractivity contribution is 5.81. The molecular weight excluding hydrogens is 308 g/mol. The van der Waals surface area contributed by atoms with Crippen LogP contribution in [0.2, 0.25) is 0 Å². The van der Waals surface area contributed by atoms with E-state index in [1.165, 1.54) is 18.2 Å². The number of nitrogens with one attached hydrogen (secondary N) is 1. The molecule has 1 rings (SSSR count). The van der Waals surface area contributed by atoms with Gasteiger partial charge in [0, 0.05) is 12.1 Å². The number of hydrogen-bond acceptors (Lipinski definition) is 6. The van der Waals surface area contributed by atoms with Gasteiger partial charge in [-0.3, -0.25) is 10.1 Å². The van der Waals surface area contributed by atoms with Crippen LogP contribution in [0.4, 0.5) is 10.5 Å². The Morgan fingerprint density at radius 3 is 2.43 bits per heavy atom. The van der Waals surface area contributed by atoms with Gasteiger partial charge < -0.3 is 20.3 Å². The molecule has 126 valence electrons. The summed E-state index contributed by atoms with van der Waals surface area (Å²) in [4.78, 5) is 33.0. The van der Waals surface area contributed by atoms with E-state index in [9.17, 15) is 24.8 Å². The SMILES string of the molecule is CC(C)(C)OC(=O)N[C@H](C(=O)O)[C@@H](O)c1cccc([N+](=O)[O-])c1. The highest BCUT2D eigenvalue weighted by Gasteiger charge is 2.32. The zero-order chi connectivity index (χ0) is 17.8. The number of carboxylic acid groups (broad SMARTS) is 1. The summed E-state index contributed by atoms with van der Waals surface area (Å²) in [5, 5.41) is 32.1. The minimum absolute atomic E-state index is 0.0114. The lowest BCUT2D eigenvalue weighted by atomic mass is 10.0. The van der Waals surface area contributed by atoms with Gasteiger partial charge in [0.25, 0.3) is 5.69 Å². The van der Waals surface area contributed by atoms with E-state index in [1.54, 1.807) is 20.8 Å². The third-order valence-corrected chi connectivity index (χ3v) is 2.68. The first-order chi connectivity index (χ1) is 10.5. The average Bonchev–Trinajstić information content (AvgIpc) is 2.42. The first-order valence-electron chi connectivity index (χ1n) is 6.66. The van der Waals surface area contributed by atoms with Gasteiger partial charge in [0.05, 0.1) is 4.92 Å². The van der Waals surface area contributed by atoms with Crippen LogP contribution in [-0.2, 0) is 9.53 Å². The normalized spacial score (nSPS) is 13.7. The Hall–Kier alpha value is -2.68. The molecule has 0 bridgehead atoms. The largest absolute Gasteiger partial charge is 0.480 e. The first kappa shape index (κ1) is 18.4. The molecule has 1 amide bonds.